The van der Waals surface area contributed by atoms with Crippen LogP contribution < -0.4 is 10.6 Å². The van der Waals surface area contributed by atoms with Crippen LogP contribution in [0.3, 0.4) is 0 Å². The lowest BCUT2D eigenvalue weighted by atomic mass is 10.1. The van der Waals surface area contributed by atoms with E-state index in [2.05, 4.69) is 15.4 Å². The molecule has 1 atom stereocenters. The highest BCUT2D eigenvalue weighted by molar-refractivity contribution is 7.86. The predicted molar refractivity (Wildman–Crippen MR) is 161 cm³/mol. The molecule has 4 rings (SSSR count). The van der Waals surface area contributed by atoms with Gasteiger partial charge in [-0.05, 0) is 54.6 Å². The normalized spacial score (nSPS) is 13.5. The van der Waals surface area contributed by atoms with Gasteiger partial charge in [0.05, 0.1) is 11.1 Å². The number of fused-ring (bicyclic) bond motifs is 1. The summed E-state index contributed by atoms with van der Waals surface area (Å²) >= 11 is 0. The Hall–Kier alpha value is -5.98. The second kappa shape index (κ2) is 15.1. The molecule has 3 amide bonds. The van der Waals surface area contributed by atoms with E-state index in [0.29, 0.717) is 11.0 Å². The van der Waals surface area contributed by atoms with Crippen molar-refractivity contribution in [2.75, 3.05) is 17.2 Å². The lowest BCUT2D eigenvalue weighted by molar-refractivity contribution is -0.172. The summed E-state index contributed by atoms with van der Waals surface area (Å²) in [7, 11) is -4.68. The van der Waals surface area contributed by atoms with Gasteiger partial charge in [-0.15, -0.1) is 0 Å². The van der Waals surface area contributed by atoms with Crippen LogP contribution in [0.1, 0.15) is 34.1 Å². The van der Waals surface area contributed by atoms with Gasteiger partial charge in [-0.3, -0.25) is 18.9 Å². The molecule has 3 aromatic carbocycles. The topological polar surface area (TPSA) is 254 Å². The average Bonchev–Trinajstić information content (AvgIpc) is 3.29. The molecule has 48 heavy (non-hydrogen) atoms. The number of nitrogens with zero attached hydrogens (tertiary/aromatic N) is 1. The molecule has 0 aliphatic carbocycles. The molecule has 0 fully saturated rings. The lowest BCUT2D eigenvalue weighted by Crippen LogP contribution is -2.56. The molecule has 0 bridgehead atoms. The first-order chi connectivity index (χ1) is 22.5. The second-order valence-electron chi connectivity index (χ2n) is 9.60. The summed E-state index contributed by atoms with van der Waals surface area (Å²) in [6.07, 6.45) is 1.23. The summed E-state index contributed by atoms with van der Waals surface area (Å²) in [4.78, 5) is 69.6. The van der Waals surface area contributed by atoms with Crippen LogP contribution in [-0.4, -0.2) is 81.1 Å². The van der Waals surface area contributed by atoms with E-state index in [1.807, 2.05) is 0 Å². The molecular weight excluding hydrogens is 661 g/mol. The van der Waals surface area contributed by atoms with Crippen molar-refractivity contribution in [3.63, 3.8) is 0 Å². The van der Waals surface area contributed by atoms with Gasteiger partial charge in [0.15, 0.2) is 0 Å². The Kier molecular flexibility index (Phi) is 11.5. The monoisotopic (exact) mass is 687 g/mol. The number of hydrogen-bond acceptors (Lipinski definition) is 12. The molecule has 0 unspecified atom stereocenters. The number of halogens is 1. The van der Waals surface area contributed by atoms with Gasteiger partial charge in [-0.25, -0.2) is 23.7 Å². The van der Waals surface area contributed by atoms with Gasteiger partial charge in [-0.2, -0.15) is 8.42 Å². The number of hydrogen-bond donors (Lipinski definition) is 6. The fraction of sp³-hybridized carbons (Fsp3) is 0.133. The summed E-state index contributed by atoms with van der Waals surface area (Å²) < 4.78 is 48.5. The van der Waals surface area contributed by atoms with E-state index < -0.39 is 74.5 Å². The molecule has 0 saturated carbocycles. The van der Waals surface area contributed by atoms with E-state index in [1.165, 1.54) is 37.3 Å². The zero-order valence-electron chi connectivity index (χ0n) is 24.6. The van der Waals surface area contributed by atoms with Crippen molar-refractivity contribution in [3.05, 3.63) is 95.8 Å². The van der Waals surface area contributed by atoms with E-state index in [-0.39, 0.29) is 28.9 Å². The summed E-state index contributed by atoms with van der Waals surface area (Å²) in [5, 5.41) is 33.2. The Morgan fingerprint density at radius 2 is 1.50 bits per heavy atom. The summed E-state index contributed by atoms with van der Waals surface area (Å²) in [6.45, 7) is 0.828. The third-order valence-corrected chi connectivity index (χ3v) is 7.25. The van der Waals surface area contributed by atoms with E-state index in [9.17, 15) is 51.8 Å². The Bertz CT molecular complexity index is 1880. The molecule has 3 aromatic rings. The highest BCUT2D eigenvalue weighted by Crippen LogP contribution is 2.30. The quantitative estimate of drug-likeness (QED) is 0.0445. The lowest BCUT2D eigenvalue weighted by Gasteiger charge is -2.30. The largest absolute Gasteiger partial charge is 0.506 e. The van der Waals surface area contributed by atoms with Gasteiger partial charge < -0.3 is 30.7 Å². The third-order valence-electron chi connectivity index (χ3n) is 6.37. The number of carboxylic acids is 1. The number of aliphatic hydroxyl groups is 1. The first-order valence-electron chi connectivity index (χ1n) is 13.4. The fourth-order valence-electron chi connectivity index (χ4n) is 3.98. The first kappa shape index (κ1) is 36.5. The van der Waals surface area contributed by atoms with E-state index in [4.69, 9.17) is 9.66 Å². The van der Waals surface area contributed by atoms with Crippen LogP contribution in [0.4, 0.5) is 15.8 Å². The van der Waals surface area contributed by atoms with Crippen LogP contribution in [0.25, 0.3) is 0 Å². The molecule has 1 heterocycles. The van der Waals surface area contributed by atoms with Gasteiger partial charge in [-0.1, -0.05) is 19.1 Å². The number of phenolic OH excluding ortho intramolecular Hbond substituents is 1. The Morgan fingerprint density at radius 1 is 0.938 bits per heavy atom. The Balaban J connectivity index is 0.000000294. The maximum Gasteiger partial charge on any atom is 0.357 e. The van der Waals surface area contributed by atoms with Crippen LogP contribution >= 0.6 is 0 Å². The average molecular weight is 688 g/mol. The van der Waals surface area contributed by atoms with Crippen LogP contribution in [0, 0.1) is 5.82 Å². The number of anilines is 2. The number of carbonyl (C=O) groups excluding carboxylic acids is 5. The third kappa shape index (κ3) is 8.84. The van der Waals surface area contributed by atoms with Crippen molar-refractivity contribution in [1.82, 2.24) is 4.90 Å². The molecule has 6 N–H and O–H groups in total. The number of amides is 3. The minimum atomic E-state index is -4.68. The number of esters is 2. The Morgan fingerprint density at radius 3 is 2.02 bits per heavy atom. The van der Waals surface area contributed by atoms with Crippen molar-refractivity contribution in [1.29, 1.82) is 0 Å². The van der Waals surface area contributed by atoms with Crippen LogP contribution in [0.5, 0.6) is 5.75 Å². The number of rotatable bonds is 10. The summed E-state index contributed by atoms with van der Waals surface area (Å²) in [5.74, 6) is -7.29. The first-order valence-corrected chi connectivity index (χ1v) is 14.9. The molecule has 16 nitrogen and oxygen atoms in total. The molecule has 0 saturated heterocycles. The number of phenols is 1. The highest BCUT2D eigenvalue weighted by atomic mass is 32.2. The number of aromatic hydroxyl groups is 1. The minimum Gasteiger partial charge on any atom is -0.506 e. The predicted octanol–water partition coefficient (Wildman–Crippen LogP) is 1.92. The molecule has 0 spiro atoms. The van der Waals surface area contributed by atoms with Gasteiger partial charge in [0.25, 0.3) is 21.9 Å². The Labute approximate surface area is 270 Å². The number of ether oxygens (including phenoxy) is 1. The zero-order valence-corrected chi connectivity index (χ0v) is 25.4. The molecule has 252 valence electrons. The van der Waals surface area contributed by atoms with Crippen molar-refractivity contribution < 1.29 is 66.2 Å². The summed E-state index contributed by atoms with van der Waals surface area (Å²) in [5.41, 5.74) is -1.96. The minimum absolute atomic E-state index is 0.0408. The van der Waals surface area contributed by atoms with Crippen molar-refractivity contribution in [3.8, 4) is 5.75 Å². The standard InChI is InChI=1S/C18H15FN2O8S.C12H11NO5/c19-11-1-3-12(4-2-11)21-16(23)7-8-17(24)29-18(25)10-20-13-5-6-14(22)15(9-13)30(26,27)28;1-2-12(18,11(16)17)13-9(14)7-5-3-4-6-8(7)10(13)15/h1-9,20,22H,10H2,(H,21,23)(H,26,27,28);3-6,18H,2H2,1H3,(H,16,17)/b8-7-;/t;12-/m.1/s1. The molecule has 1 aliphatic heterocycles. The summed E-state index contributed by atoms with van der Waals surface area (Å²) in [6, 6.07) is 13.9. The number of imide groups is 1. The van der Waals surface area contributed by atoms with Crippen molar-refractivity contribution >= 4 is 57.1 Å². The number of carbonyl (C=O) groups is 6. The molecule has 18 heteroatoms. The molecule has 0 aromatic heterocycles. The van der Waals surface area contributed by atoms with Crippen LogP contribution in [-0.2, 0) is 34.0 Å². The smallest absolute Gasteiger partial charge is 0.357 e. The second-order valence-corrected chi connectivity index (χ2v) is 11.0. The SMILES string of the molecule is CC[C@@](O)(C(=O)O)N1C(=O)c2ccccc2C1=O.O=C(/C=C\C(=O)OC(=O)CNc1ccc(O)c(S(=O)(=O)O)c1)Nc1ccc(F)cc1. The maximum absolute atomic E-state index is 12.8. The number of nitrogens with one attached hydrogen (secondary N) is 2. The van der Waals surface area contributed by atoms with E-state index in [1.54, 1.807) is 12.1 Å². The molecular formula is C30H26FN3O13S. The maximum atomic E-state index is 12.8. The van der Waals surface area contributed by atoms with Crippen molar-refractivity contribution in [2.24, 2.45) is 0 Å². The highest BCUT2D eigenvalue weighted by Gasteiger charge is 2.52. The number of benzene rings is 3. The molecule has 0 radical (unpaired) electrons. The van der Waals surface area contributed by atoms with Crippen LogP contribution in [0.2, 0.25) is 0 Å². The van der Waals surface area contributed by atoms with Gasteiger partial charge in [0, 0.05) is 29.9 Å². The van der Waals surface area contributed by atoms with Crippen LogP contribution in [0.15, 0.2) is 83.8 Å². The van der Waals surface area contributed by atoms with Crippen molar-refractivity contribution in [2.45, 2.75) is 24.0 Å². The number of carboxylic acid groups (broad SMARTS) is 1. The fourth-order valence-corrected chi connectivity index (χ4v) is 4.59. The van der Waals surface area contributed by atoms with E-state index >= 15 is 0 Å². The van der Waals surface area contributed by atoms with Gasteiger partial charge in [0.2, 0.25) is 11.6 Å². The van der Waals surface area contributed by atoms with Gasteiger partial charge in [0.1, 0.15) is 23.0 Å². The zero-order chi connectivity index (χ0) is 35.8. The van der Waals surface area contributed by atoms with Gasteiger partial charge >= 0.3 is 17.9 Å². The molecule has 1 aliphatic rings. The number of aliphatic carboxylic acids is 1. The van der Waals surface area contributed by atoms with E-state index in [0.717, 1.165) is 30.3 Å².